The average Bonchev–Trinajstić information content (AvgIpc) is 2.59. The Kier molecular flexibility index (Phi) is 7.09. The average molecular weight is 335 g/mol. The summed E-state index contributed by atoms with van der Waals surface area (Å²) in [5.74, 6) is 1.58. The molecule has 0 saturated carbocycles. The number of rotatable bonds is 7. The van der Waals surface area contributed by atoms with Gasteiger partial charge in [0.15, 0.2) is 0 Å². The van der Waals surface area contributed by atoms with Crippen molar-refractivity contribution in [3.8, 4) is 11.5 Å². The highest BCUT2D eigenvalue weighted by atomic mass is 16.5. The van der Waals surface area contributed by atoms with Gasteiger partial charge in [0.05, 0.1) is 19.3 Å². The predicted octanol–water partition coefficient (Wildman–Crippen LogP) is 2.54. The normalized spacial score (nSPS) is 28.7. The molecule has 1 aliphatic heterocycles. The minimum absolute atomic E-state index is 0.0861. The molecule has 0 spiro atoms. The third-order valence-corrected chi connectivity index (χ3v) is 4.34. The van der Waals surface area contributed by atoms with Crippen molar-refractivity contribution in [2.45, 2.75) is 44.0 Å². The first-order valence-corrected chi connectivity index (χ1v) is 8.55. The molecule has 1 aromatic carbocycles. The fraction of sp³-hybridized carbons (Fsp3) is 0.579. The zero-order valence-electron chi connectivity index (χ0n) is 14.8. The van der Waals surface area contributed by atoms with Gasteiger partial charge in [-0.05, 0) is 50.6 Å². The van der Waals surface area contributed by atoms with Crippen LogP contribution in [0.2, 0.25) is 0 Å². The molecule has 0 saturated heterocycles. The number of ether oxygens (including phenoxy) is 3. The molecular weight excluding hydrogens is 306 g/mol. The first kappa shape index (κ1) is 18.8. The van der Waals surface area contributed by atoms with Crippen LogP contribution in [0.3, 0.4) is 0 Å². The molecule has 1 aliphatic rings. The van der Waals surface area contributed by atoms with Gasteiger partial charge < -0.3 is 24.6 Å². The van der Waals surface area contributed by atoms with Crippen LogP contribution in [0.25, 0.3) is 0 Å². The molecule has 0 fully saturated rings. The van der Waals surface area contributed by atoms with Crippen molar-refractivity contribution in [3.63, 3.8) is 0 Å². The van der Waals surface area contributed by atoms with Gasteiger partial charge in [-0.2, -0.15) is 0 Å². The van der Waals surface area contributed by atoms with Crippen molar-refractivity contribution >= 4 is 0 Å². The van der Waals surface area contributed by atoms with E-state index in [4.69, 9.17) is 14.2 Å². The summed E-state index contributed by atoms with van der Waals surface area (Å²) in [4.78, 5) is 0. The molecule has 0 bridgehead atoms. The van der Waals surface area contributed by atoms with Crippen LogP contribution in [-0.2, 0) is 4.74 Å². The first-order chi connectivity index (χ1) is 11.6. The summed E-state index contributed by atoms with van der Waals surface area (Å²) >= 11 is 0. The van der Waals surface area contributed by atoms with Crippen LogP contribution >= 0.6 is 0 Å². The van der Waals surface area contributed by atoms with Gasteiger partial charge in [-0.25, -0.2) is 0 Å². The Morgan fingerprint density at radius 3 is 2.58 bits per heavy atom. The highest BCUT2D eigenvalue weighted by Gasteiger charge is 2.37. The van der Waals surface area contributed by atoms with E-state index in [-0.39, 0.29) is 12.2 Å². The molecule has 0 aromatic heterocycles. The lowest BCUT2D eigenvalue weighted by atomic mass is 9.89. The van der Waals surface area contributed by atoms with E-state index in [9.17, 15) is 5.11 Å². The minimum atomic E-state index is -0.890. The molecule has 0 radical (unpaired) electrons. The Balaban J connectivity index is 1.98. The second kappa shape index (κ2) is 9.06. The number of likely N-dealkylation sites (N-methyl/N-ethyl adjacent to an activating group) is 1. The SMILES string of the molecule is CC[C@H]1O[C@@H](COc2ccc(OC)cc2)C/C=C\C[C@@]1(O)CNC. The standard InChI is InChI=1S/C19H29NO4/c1-4-18-19(21,14-20-2)12-6-5-7-17(24-18)13-23-16-10-8-15(22-3)9-11-16/h5-6,8-11,17-18,20-21H,4,7,12-14H2,1-3H3/b6-5-/t17-,18-,19-/m1/s1. The van der Waals surface area contributed by atoms with Crippen LogP contribution in [-0.4, -0.2) is 50.2 Å². The molecule has 0 amide bonds. The van der Waals surface area contributed by atoms with Crippen molar-refractivity contribution in [1.29, 1.82) is 0 Å². The third kappa shape index (κ3) is 4.97. The largest absolute Gasteiger partial charge is 0.497 e. The Labute approximate surface area is 144 Å². The van der Waals surface area contributed by atoms with Gasteiger partial charge >= 0.3 is 0 Å². The molecular formula is C19H29NO4. The van der Waals surface area contributed by atoms with Gasteiger partial charge in [0.25, 0.3) is 0 Å². The number of benzene rings is 1. The molecule has 1 heterocycles. The fourth-order valence-electron chi connectivity index (χ4n) is 3.02. The monoisotopic (exact) mass is 335 g/mol. The predicted molar refractivity (Wildman–Crippen MR) is 94.7 cm³/mol. The van der Waals surface area contributed by atoms with E-state index in [1.807, 2.05) is 44.3 Å². The highest BCUT2D eigenvalue weighted by Crippen LogP contribution is 2.26. The van der Waals surface area contributed by atoms with Crippen molar-refractivity contribution in [2.75, 3.05) is 27.3 Å². The van der Waals surface area contributed by atoms with Crippen LogP contribution in [0.5, 0.6) is 11.5 Å². The van der Waals surface area contributed by atoms with Gasteiger partial charge in [-0.15, -0.1) is 0 Å². The van der Waals surface area contributed by atoms with Crippen molar-refractivity contribution in [3.05, 3.63) is 36.4 Å². The summed E-state index contributed by atoms with van der Waals surface area (Å²) in [6.07, 6.45) is 5.93. The molecule has 5 heteroatoms. The van der Waals surface area contributed by atoms with Gasteiger partial charge in [0.2, 0.25) is 0 Å². The quantitative estimate of drug-likeness (QED) is 0.750. The smallest absolute Gasteiger partial charge is 0.119 e. The van der Waals surface area contributed by atoms with E-state index < -0.39 is 5.60 Å². The van der Waals surface area contributed by atoms with E-state index >= 15 is 0 Å². The van der Waals surface area contributed by atoms with E-state index in [0.717, 1.165) is 24.3 Å². The van der Waals surface area contributed by atoms with Gasteiger partial charge in [0.1, 0.15) is 23.7 Å². The molecule has 3 atom stereocenters. The zero-order chi connectivity index (χ0) is 17.4. The van der Waals surface area contributed by atoms with Crippen LogP contribution in [0, 0.1) is 0 Å². The molecule has 2 rings (SSSR count). The number of nitrogens with one attached hydrogen (secondary N) is 1. The molecule has 0 unspecified atom stereocenters. The molecule has 5 nitrogen and oxygen atoms in total. The summed E-state index contributed by atoms with van der Waals surface area (Å²) in [6, 6.07) is 7.50. The van der Waals surface area contributed by atoms with E-state index in [2.05, 4.69) is 11.4 Å². The van der Waals surface area contributed by atoms with Gasteiger partial charge in [0, 0.05) is 6.54 Å². The molecule has 2 N–H and O–H groups in total. The molecule has 0 aliphatic carbocycles. The summed E-state index contributed by atoms with van der Waals surface area (Å²) in [7, 11) is 3.49. The highest BCUT2D eigenvalue weighted by molar-refractivity contribution is 5.31. The Hall–Kier alpha value is -1.56. The lowest BCUT2D eigenvalue weighted by Gasteiger charge is -2.38. The zero-order valence-corrected chi connectivity index (χ0v) is 14.8. The number of aliphatic hydroxyl groups is 1. The summed E-state index contributed by atoms with van der Waals surface area (Å²) in [5.41, 5.74) is -0.890. The van der Waals surface area contributed by atoms with Gasteiger partial charge in [-0.3, -0.25) is 0 Å². The van der Waals surface area contributed by atoms with Crippen LogP contribution in [0.4, 0.5) is 0 Å². The Morgan fingerprint density at radius 2 is 1.96 bits per heavy atom. The first-order valence-electron chi connectivity index (χ1n) is 8.55. The van der Waals surface area contributed by atoms with E-state index in [0.29, 0.717) is 19.6 Å². The lowest BCUT2D eigenvalue weighted by molar-refractivity contribution is -0.140. The summed E-state index contributed by atoms with van der Waals surface area (Å²) in [5, 5.41) is 14.0. The Morgan fingerprint density at radius 1 is 1.25 bits per heavy atom. The lowest BCUT2D eigenvalue weighted by Crippen LogP contribution is -2.52. The van der Waals surface area contributed by atoms with Crippen LogP contribution < -0.4 is 14.8 Å². The maximum atomic E-state index is 10.9. The third-order valence-electron chi connectivity index (χ3n) is 4.34. The topological polar surface area (TPSA) is 60.0 Å². The molecule has 134 valence electrons. The minimum Gasteiger partial charge on any atom is -0.497 e. The maximum Gasteiger partial charge on any atom is 0.119 e. The van der Waals surface area contributed by atoms with Crippen molar-refractivity contribution in [2.24, 2.45) is 0 Å². The second-order valence-corrected chi connectivity index (χ2v) is 6.19. The van der Waals surface area contributed by atoms with E-state index in [1.54, 1.807) is 7.11 Å². The summed E-state index contributed by atoms with van der Waals surface area (Å²) < 4.78 is 17.2. The van der Waals surface area contributed by atoms with Gasteiger partial charge in [-0.1, -0.05) is 19.1 Å². The van der Waals surface area contributed by atoms with Crippen LogP contribution in [0.15, 0.2) is 36.4 Å². The molecule has 1 aromatic rings. The number of hydrogen-bond donors (Lipinski definition) is 2. The van der Waals surface area contributed by atoms with Crippen molar-refractivity contribution < 1.29 is 19.3 Å². The van der Waals surface area contributed by atoms with Crippen molar-refractivity contribution in [1.82, 2.24) is 5.32 Å². The maximum absolute atomic E-state index is 10.9. The fourth-order valence-corrected chi connectivity index (χ4v) is 3.02. The van der Waals surface area contributed by atoms with Crippen LogP contribution in [0.1, 0.15) is 26.2 Å². The number of hydrogen-bond acceptors (Lipinski definition) is 5. The Bertz CT molecular complexity index is 517. The number of methoxy groups -OCH3 is 1. The summed E-state index contributed by atoms with van der Waals surface area (Å²) in [6.45, 7) is 2.99. The van der Waals surface area contributed by atoms with E-state index in [1.165, 1.54) is 0 Å². The molecule has 24 heavy (non-hydrogen) atoms. The second-order valence-electron chi connectivity index (χ2n) is 6.19.